The molecule has 0 unspecified atom stereocenters. The number of rotatable bonds is 3. The molecule has 1 amide bonds. The molecule has 1 heterocycles. The second-order valence-corrected chi connectivity index (χ2v) is 6.04. The van der Waals surface area contributed by atoms with Crippen LogP contribution in [-0.4, -0.2) is 5.91 Å². The molecule has 0 atom stereocenters. The Bertz CT molecular complexity index is 808. The van der Waals surface area contributed by atoms with Gasteiger partial charge < -0.3 is 5.32 Å². The van der Waals surface area contributed by atoms with Gasteiger partial charge in [0, 0.05) is 12.0 Å². The van der Waals surface area contributed by atoms with Crippen molar-refractivity contribution in [3.8, 4) is 0 Å². The number of hydrogen-bond donors (Lipinski definition) is 1. The van der Waals surface area contributed by atoms with Crippen LogP contribution in [-0.2, 0) is 10.3 Å². The summed E-state index contributed by atoms with van der Waals surface area (Å²) in [5.74, 6) is -0.108. The second kappa shape index (κ2) is 3.58. The number of allylic oxidation sites excluding steroid dienone is 3. The Morgan fingerprint density at radius 3 is 2.71 bits per heavy atom. The quantitative estimate of drug-likeness (QED) is 0.905. The molecule has 1 aliphatic heterocycles. The highest BCUT2D eigenvalue weighted by Gasteiger charge is 2.47. The smallest absolute Gasteiger partial charge is 0.273 e. The molecule has 0 saturated heterocycles. The third kappa shape index (κ3) is 1.53. The normalized spacial score (nSPS) is 23.0. The van der Waals surface area contributed by atoms with Gasteiger partial charge in [-0.1, -0.05) is 30.3 Å². The molecule has 4 nitrogen and oxygen atoms in total. The Morgan fingerprint density at radius 1 is 1.14 bits per heavy atom. The van der Waals surface area contributed by atoms with Crippen molar-refractivity contribution < 1.29 is 4.79 Å². The lowest BCUT2D eigenvalue weighted by molar-refractivity contribution is -0.118. The lowest BCUT2D eigenvalue weighted by Crippen LogP contribution is -2.35. The largest absolute Gasteiger partial charge is 0.341 e. The summed E-state index contributed by atoms with van der Waals surface area (Å²) in [5.41, 5.74) is 5.84. The van der Waals surface area contributed by atoms with Gasteiger partial charge in [0.2, 0.25) is 0 Å². The van der Waals surface area contributed by atoms with E-state index in [2.05, 4.69) is 33.8 Å². The molecule has 21 heavy (non-hydrogen) atoms. The fraction of sp³-hybridized carbons (Fsp3) is 0.235. The summed E-state index contributed by atoms with van der Waals surface area (Å²) in [5, 5.41) is 11.4. The third-order valence-electron chi connectivity index (χ3n) is 4.64. The first-order valence-electron chi connectivity index (χ1n) is 7.25. The molecule has 5 rings (SSSR count). The number of fused-ring (bicyclic) bond motifs is 2. The van der Waals surface area contributed by atoms with E-state index >= 15 is 0 Å². The van der Waals surface area contributed by atoms with Crippen molar-refractivity contribution in [2.75, 3.05) is 0 Å². The van der Waals surface area contributed by atoms with Gasteiger partial charge in [-0.3, -0.25) is 4.79 Å². The molecule has 0 spiro atoms. The van der Waals surface area contributed by atoms with Crippen molar-refractivity contribution in [2.24, 2.45) is 10.2 Å². The van der Waals surface area contributed by atoms with Gasteiger partial charge in [0.25, 0.3) is 5.91 Å². The Labute approximate surface area is 122 Å². The molecule has 1 aromatic rings. The molecular weight excluding hydrogens is 262 g/mol. The Morgan fingerprint density at radius 2 is 1.95 bits per heavy atom. The second-order valence-electron chi connectivity index (χ2n) is 6.04. The Balaban J connectivity index is 1.45. The van der Waals surface area contributed by atoms with Crippen molar-refractivity contribution in [3.05, 3.63) is 70.1 Å². The van der Waals surface area contributed by atoms with E-state index in [4.69, 9.17) is 0 Å². The van der Waals surface area contributed by atoms with Crippen LogP contribution < -0.4 is 5.32 Å². The van der Waals surface area contributed by atoms with E-state index in [1.807, 2.05) is 18.2 Å². The topological polar surface area (TPSA) is 53.8 Å². The van der Waals surface area contributed by atoms with Crippen LogP contribution in [0, 0.1) is 0 Å². The molecule has 0 radical (unpaired) electrons. The van der Waals surface area contributed by atoms with Crippen LogP contribution in [0.25, 0.3) is 0 Å². The molecule has 2 fully saturated rings. The lowest BCUT2D eigenvalue weighted by Gasteiger charge is -2.17. The number of carbonyl (C=O) groups excluding carboxylic acids is 1. The minimum Gasteiger partial charge on any atom is -0.341 e. The molecular formula is C17H13N3O. The molecule has 1 N–H and O–H groups in total. The highest BCUT2D eigenvalue weighted by Crippen LogP contribution is 2.52. The molecule has 3 aliphatic carbocycles. The first-order chi connectivity index (χ1) is 10.3. The van der Waals surface area contributed by atoms with Gasteiger partial charge in [-0.25, -0.2) is 0 Å². The van der Waals surface area contributed by atoms with Crippen molar-refractivity contribution in [1.29, 1.82) is 0 Å². The van der Waals surface area contributed by atoms with Crippen molar-refractivity contribution >= 4 is 5.91 Å². The zero-order chi connectivity index (χ0) is 14.0. The van der Waals surface area contributed by atoms with E-state index < -0.39 is 0 Å². The van der Waals surface area contributed by atoms with Gasteiger partial charge in [0.15, 0.2) is 5.70 Å². The van der Waals surface area contributed by atoms with Crippen molar-refractivity contribution in [2.45, 2.75) is 24.8 Å². The van der Waals surface area contributed by atoms with Crippen molar-refractivity contribution in [1.82, 2.24) is 5.32 Å². The average molecular weight is 275 g/mol. The molecule has 0 aromatic heterocycles. The Kier molecular flexibility index (Phi) is 1.91. The molecule has 1 aromatic carbocycles. The molecule has 102 valence electrons. The fourth-order valence-electron chi connectivity index (χ4n) is 3.19. The summed E-state index contributed by atoms with van der Waals surface area (Å²) in [6.45, 7) is 0. The molecule has 2 saturated carbocycles. The monoisotopic (exact) mass is 275 g/mol. The maximum Gasteiger partial charge on any atom is 0.273 e. The summed E-state index contributed by atoms with van der Waals surface area (Å²) in [7, 11) is 0. The lowest BCUT2D eigenvalue weighted by atomic mass is 10.0. The van der Waals surface area contributed by atoms with Gasteiger partial charge >= 0.3 is 0 Å². The fourth-order valence-corrected chi connectivity index (χ4v) is 3.19. The summed E-state index contributed by atoms with van der Waals surface area (Å²) in [4.78, 5) is 12.6. The molecule has 0 bridgehead atoms. The van der Waals surface area contributed by atoms with Gasteiger partial charge in [0.05, 0.1) is 11.2 Å². The first kappa shape index (κ1) is 11.2. The van der Waals surface area contributed by atoms with E-state index in [9.17, 15) is 4.79 Å². The minimum absolute atomic E-state index is 0.108. The van der Waals surface area contributed by atoms with E-state index in [0.717, 1.165) is 30.5 Å². The number of hydrogen-bond acceptors (Lipinski definition) is 3. The zero-order valence-corrected chi connectivity index (χ0v) is 11.4. The summed E-state index contributed by atoms with van der Waals surface area (Å²) in [6.07, 6.45) is 5.04. The highest BCUT2D eigenvalue weighted by molar-refractivity contribution is 5.97. The van der Waals surface area contributed by atoms with Crippen LogP contribution in [0.2, 0.25) is 0 Å². The number of carbonyl (C=O) groups is 1. The summed E-state index contributed by atoms with van der Waals surface area (Å²) >= 11 is 0. The van der Waals surface area contributed by atoms with Crippen LogP contribution in [0.4, 0.5) is 0 Å². The number of amides is 1. The van der Waals surface area contributed by atoms with Crippen LogP contribution in [0.1, 0.15) is 24.8 Å². The Hall–Kier alpha value is -2.49. The van der Waals surface area contributed by atoms with E-state index in [-0.39, 0.29) is 11.4 Å². The van der Waals surface area contributed by atoms with Gasteiger partial charge in [0.1, 0.15) is 0 Å². The van der Waals surface area contributed by atoms with E-state index in [0.29, 0.717) is 5.70 Å². The summed E-state index contributed by atoms with van der Waals surface area (Å²) < 4.78 is 0. The number of benzene rings is 1. The SMILES string of the molecule is O=C(NC1(c2ccccc2)CC1)C1=C2C=C3CC3=C2N=N1. The van der Waals surface area contributed by atoms with Gasteiger partial charge in [-0.05, 0) is 35.6 Å². The first-order valence-corrected chi connectivity index (χ1v) is 7.25. The number of azo groups is 1. The summed E-state index contributed by atoms with van der Waals surface area (Å²) in [6, 6.07) is 10.2. The average Bonchev–Trinajstić information content (AvgIpc) is 3.38. The van der Waals surface area contributed by atoms with Crippen LogP contribution in [0.3, 0.4) is 0 Å². The third-order valence-corrected chi connectivity index (χ3v) is 4.64. The van der Waals surface area contributed by atoms with Crippen LogP contribution in [0.5, 0.6) is 0 Å². The highest BCUT2D eigenvalue weighted by atomic mass is 16.2. The maximum absolute atomic E-state index is 12.6. The molecule has 4 aliphatic rings. The van der Waals surface area contributed by atoms with E-state index in [1.54, 1.807) is 0 Å². The minimum atomic E-state index is -0.202. The number of nitrogens with zero attached hydrogens (tertiary/aromatic N) is 2. The van der Waals surface area contributed by atoms with Gasteiger partial charge in [-0.2, -0.15) is 0 Å². The maximum atomic E-state index is 12.6. The van der Waals surface area contributed by atoms with Gasteiger partial charge in [-0.15, -0.1) is 10.2 Å². The van der Waals surface area contributed by atoms with Crippen LogP contribution >= 0.6 is 0 Å². The van der Waals surface area contributed by atoms with Crippen molar-refractivity contribution in [3.63, 3.8) is 0 Å². The predicted molar refractivity (Wildman–Crippen MR) is 77.1 cm³/mol. The molecule has 4 heteroatoms. The van der Waals surface area contributed by atoms with Crippen LogP contribution in [0.15, 0.2) is 74.7 Å². The predicted octanol–water partition coefficient (Wildman–Crippen LogP) is 3.11. The zero-order valence-electron chi connectivity index (χ0n) is 11.4. The standard InChI is InChI=1S/C17H13N3O/c21-16(15-13-9-10-8-12(10)14(13)19-20-15)18-17(6-7-17)11-4-2-1-3-5-11/h1-5,9H,6-8H2,(H,18,21). The number of nitrogens with one attached hydrogen (secondary N) is 1. The van der Waals surface area contributed by atoms with E-state index in [1.165, 1.54) is 16.7 Å².